The number of carbonyl (C=O) groups excluding carboxylic acids is 1. The average Bonchev–Trinajstić information content (AvgIpc) is 2.82. The van der Waals surface area contributed by atoms with E-state index in [1.54, 1.807) is 24.3 Å². The van der Waals surface area contributed by atoms with Crippen LogP contribution in [-0.2, 0) is 10.2 Å². The van der Waals surface area contributed by atoms with E-state index in [0.29, 0.717) is 17.0 Å². The van der Waals surface area contributed by atoms with Gasteiger partial charge in [-0.3, -0.25) is 4.79 Å². The first-order valence-corrected chi connectivity index (χ1v) is 8.56. The fourth-order valence-electron chi connectivity index (χ4n) is 2.57. The lowest BCUT2D eigenvalue weighted by molar-refractivity contribution is -0.122. The second kappa shape index (κ2) is 5.84. The van der Waals surface area contributed by atoms with Crippen LogP contribution >= 0.6 is 45.8 Å². The molecule has 1 N–H and O–H groups in total. The summed E-state index contributed by atoms with van der Waals surface area (Å²) in [6.07, 6.45) is -4.85. The number of rotatable bonds is 2. The van der Waals surface area contributed by atoms with E-state index < -0.39 is 32.5 Å². The van der Waals surface area contributed by atoms with Crippen molar-refractivity contribution in [1.29, 1.82) is 0 Å². The summed E-state index contributed by atoms with van der Waals surface area (Å²) in [5.74, 6) is -0.702. The standard InChI is InChI=1S/C14H9Cl2F3IN3O/c15-8-4-2-1-3-7(8)12(6-13(12,16)20)11(24)21-10-5-9(22-23-10)14(17,18)19/h1-4H,5-6H2,(H,21,23,24). The minimum Gasteiger partial charge on any atom is -0.311 e. The maximum absolute atomic E-state index is 12.7. The lowest BCUT2D eigenvalue weighted by atomic mass is 9.94. The molecule has 1 amide bonds. The van der Waals surface area contributed by atoms with Gasteiger partial charge >= 0.3 is 6.18 Å². The van der Waals surface area contributed by atoms with Gasteiger partial charge in [-0.15, -0.1) is 21.8 Å². The molecule has 128 valence electrons. The number of halogens is 6. The molecule has 1 aliphatic heterocycles. The summed E-state index contributed by atoms with van der Waals surface area (Å²) in [6.45, 7) is 0. The largest absolute Gasteiger partial charge is 0.431 e. The maximum Gasteiger partial charge on any atom is 0.431 e. The summed E-state index contributed by atoms with van der Waals surface area (Å²) >= 11 is 14.5. The molecule has 1 fully saturated rings. The van der Waals surface area contributed by atoms with Crippen LogP contribution in [0.1, 0.15) is 18.4 Å². The van der Waals surface area contributed by atoms with E-state index >= 15 is 0 Å². The Labute approximate surface area is 158 Å². The van der Waals surface area contributed by atoms with Gasteiger partial charge in [-0.1, -0.05) is 52.4 Å². The van der Waals surface area contributed by atoms with Gasteiger partial charge in [0.15, 0.2) is 5.71 Å². The Morgan fingerprint density at radius 2 is 1.92 bits per heavy atom. The van der Waals surface area contributed by atoms with E-state index in [0.717, 1.165) is 0 Å². The van der Waals surface area contributed by atoms with Gasteiger partial charge in [-0.05, 0) is 18.1 Å². The third-order valence-corrected chi connectivity index (χ3v) is 6.01. The fraction of sp³-hybridized carbons (Fsp3) is 0.357. The van der Waals surface area contributed by atoms with E-state index in [1.807, 2.05) is 22.6 Å². The summed E-state index contributed by atoms with van der Waals surface area (Å²) in [6, 6.07) is 6.74. The van der Waals surface area contributed by atoms with Gasteiger partial charge in [0.1, 0.15) is 14.1 Å². The van der Waals surface area contributed by atoms with E-state index in [9.17, 15) is 18.0 Å². The Morgan fingerprint density at radius 1 is 1.29 bits per heavy atom. The number of alkyl halides is 5. The Bertz CT molecular complexity index is 779. The molecule has 24 heavy (non-hydrogen) atoms. The third-order valence-electron chi connectivity index (χ3n) is 3.92. The first-order chi connectivity index (χ1) is 11.1. The van der Waals surface area contributed by atoms with Crippen LogP contribution in [0.3, 0.4) is 0 Å². The number of nitrogens with zero attached hydrogens (tertiary/aromatic N) is 2. The van der Waals surface area contributed by atoms with Crippen LogP contribution in [0.4, 0.5) is 13.2 Å². The van der Waals surface area contributed by atoms with Crippen LogP contribution in [0.25, 0.3) is 0 Å². The second-order valence-electron chi connectivity index (χ2n) is 5.49. The van der Waals surface area contributed by atoms with Crippen molar-refractivity contribution in [3.63, 3.8) is 0 Å². The summed E-state index contributed by atoms with van der Waals surface area (Å²) in [5.41, 5.74) is -1.65. The lowest BCUT2D eigenvalue weighted by Crippen LogP contribution is -2.42. The van der Waals surface area contributed by atoms with Crippen molar-refractivity contribution in [3.8, 4) is 0 Å². The van der Waals surface area contributed by atoms with Crippen molar-refractivity contribution in [2.24, 2.45) is 10.2 Å². The van der Waals surface area contributed by atoms with Crippen LogP contribution in [0.5, 0.6) is 0 Å². The number of hydrogen-bond acceptors (Lipinski definition) is 3. The molecule has 0 aromatic heterocycles. The zero-order valence-electron chi connectivity index (χ0n) is 11.8. The first-order valence-electron chi connectivity index (χ1n) is 6.73. The smallest absolute Gasteiger partial charge is 0.311 e. The predicted molar refractivity (Wildman–Crippen MR) is 94.0 cm³/mol. The molecule has 1 aromatic carbocycles. The highest BCUT2D eigenvalue weighted by Gasteiger charge is 2.72. The summed E-state index contributed by atoms with van der Waals surface area (Å²) in [7, 11) is 0. The molecule has 1 aromatic rings. The van der Waals surface area contributed by atoms with E-state index in [2.05, 4.69) is 15.5 Å². The van der Waals surface area contributed by atoms with Crippen molar-refractivity contribution in [2.75, 3.05) is 0 Å². The van der Waals surface area contributed by atoms with Gasteiger partial charge in [0, 0.05) is 5.02 Å². The number of hydrogen-bond donors (Lipinski definition) is 1. The second-order valence-corrected chi connectivity index (χ2v) is 9.02. The van der Waals surface area contributed by atoms with Crippen LogP contribution in [0, 0.1) is 0 Å². The van der Waals surface area contributed by atoms with Crippen LogP contribution < -0.4 is 5.32 Å². The molecule has 0 saturated heterocycles. The highest BCUT2D eigenvalue weighted by Crippen LogP contribution is 2.67. The Hall–Kier alpha value is -0.870. The van der Waals surface area contributed by atoms with Gasteiger partial charge in [0.2, 0.25) is 5.91 Å². The Kier molecular flexibility index (Phi) is 4.37. The lowest BCUT2D eigenvalue weighted by Gasteiger charge is -2.19. The molecule has 0 bridgehead atoms. The molecule has 4 nitrogen and oxygen atoms in total. The highest BCUT2D eigenvalue weighted by atomic mass is 127. The molecule has 2 aliphatic rings. The van der Waals surface area contributed by atoms with Gasteiger partial charge in [-0.2, -0.15) is 13.2 Å². The molecule has 1 saturated carbocycles. The summed E-state index contributed by atoms with van der Waals surface area (Å²) in [4.78, 5) is 12.7. The SMILES string of the molecule is O=C(NC1=NN=C(C(F)(F)F)C1)C1(c2ccccc2Cl)CC1(Cl)I. The van der Waals surface area contributed by atoms with Gasteiger partial charge in [0.05, 0.1) is 6.42 Å². The molecule has 0 spiro atoms. The van der Waals surface area contributed by atoms with Gasteiger partial charge in [0.25, 0.3) is 0 Å². The van der Waals surface area contributed by atoms with Crippen LogP contribution in [0.15, 0.2) is 34.5 Å². The molecule has 2 atom stereocenters. The van der Waals surface area contributed by atoms with Crippen LogP contribution in [-0.4, -0.2) is 26.5 Å². The topological polar surface area (TPSA) is 53.8 Å². The summed E-state index contributed by atoms with van der Waals surface area (Å²) < 4.78 is 36.9. The quantitative estimate of drug-likeness (QED) is 0.491. The van der Waals surface area contributed by atoms with E-state index in [-0.39, 0.29) is 5.84 Å². The minimum absolute atomic E-state index is 0.158. The molecular weight excluding hydrogens is 481 g/mol. The highest BCUT2D eigenvalue weighted by molar-refractivity contribution is 14.1. The monoisotopic (exact) mass is 489 g/mol. The number of amides is 1. The average molecular weight is 490 g/mol. The fourth-order valence-corrected chi connectivity index (χ4v) is 4.36. The van der Waals surface area contributed by atoms with Crippen molar-refractivity contribution in [2.45, 2.75) is 27.3 Å². The molecular formula is C14H9Cl2F3IN3O. The molecule has 0 radical (unpaired) electrons. The third kappa shape index (κ3) is 2.92. The number of nitrogens with one attached hydrogen (secondary N) is 1. The molecule has 10 heteroatoms. The number of benzene rings is 1. The molecule has 3 rings (SSSR count). The van der Waals surface area contributed by atoms with Crippen molar-refractivity contribution >= 4 is 63.2 Å². The van der Waals surface area contributed by atoms with Gasteiger partial charge < -0.3 is 5.32 Å². The number of carbonyl (C=O) groups is 1. The molecule has 1 heterocycles. The van der Waals surface area contributed by atoms with Crippen LogP contribution in [0.2, 0.25) is 5.02 Å². The normalized spacial score (nSPS) is 29.1. The van der Waals surface area contributed by atoms with Crippen molar-refractivity contribution in [1.82, 2.24) is 5.32 Å². The molecule has 2 unspecified atom stereocenters. The Morgan fingerprint density at radius 3 is 2.42 bits per heavy atom. The summed E-state index contributed by atoms with van der Waals surface area (Å²) in [5, 5.41) is 9.26. The maximum atomic E-state index is 12.7. The number of amidine groups is 1. The zero-order chi connectivity index (χ0) is 17.8. The van der Waals surface area contributed by atoms with Crippen molar-refractivity contribution < 1.29 is 18.0 Å². The Balaban J connectivity index is 1.81. The minimum atomic E-state index is -4.57. The van der Waals surface area contributed by atoms with E-state index in [1.165, 1.54) is 0 Å². The van der Waals surface area contributed by atoms with E-state index in [4.69, 9.17) is 23.2 Å². The molecule has 1 aliphatic carbocycles. The first kappa shape index (κ1) is 17.9. The van der Waals surface area contributed by atoms with Gasteiger partial charge in [-0.25, -0.2) is 0 Å². The zero-order valence-corrected chi connectivity index (χ0v) is 15.5. The predicted octanol–water partition coefficient (Wildman–Crippen LogP) is 4.19. The van der Waals surface area contributed by atoms with Crippen molar-refractivity contribution in [3.05, 3.63) is 34.9 Å².